The van der Waals surface area contributed by atoms with Gasteiger partial charge >= 0.3 is 0 Å². The number of morpholine rings is 1. The molecule has 1 fully saturated rings. The maximum absolute atomic E-state index is 11.8. The molecule has 0 aromatic carbocycles. The number of hydrogen-bond acceptors (Lipinski definition) is 4. The van der Waals surface area contributed by atoms with E-state index in [-0.39, 0.29) is 11.9 Å². The molecule has 4 nitrogen and oxygen atoms in total. The van der Waals surface area contributed by atoms with Crippen molar-refractivity contribution >= 4 is 40.4 Å². The first-order valence-electron chi connectivity index (χ1n) is 5.21. The Hall–Kier alpha value is -0.330. The van der Waals surface area contributed by atoms with Crippen LogP contribution < -0.4 is 10.6 Å². The Labute approximate surface area is 113 Å². The van der Waals surface area contributed by atoms with Gasteiger partial charge in [-0.1, -0.05) is 23.2 Å². The molecule has 0 saturated carbocycles. The van der Waals surface area contributed by atoms with E-state index in [1.165, 1.54) is 11.3 Å². The fourth-order valence-electron chi connectivity index (χ4n) is 1.56. The van der Waals surface area contributed by atoms with E-state index in [9.17, 15) is 4.79 Å². The highest BCUT2D eigenvalue weighted by Gasteiger charge is 2.17. The fourth-order valence-corrected chi connectivity index (χ4v) is 3.02. The largest absolute Gasteiger partial charge is 0.378 e. The molecule has 1 unspecified atom stereocenters. The van der Waals surface area contributed by atoms with Crippen LogP contribution in [0, 0.1) is 0 Å². The Morgan fingerprint density at radius 2 is 2.47 bits per heavy atom. The van der Waals surface area contributed by atoms with Crippen LogP contribution in [0.15, 0.2) is 6.07 Å². The molecule has 0 bridgehead atoms. The second-order valence-electron chi connectivity index (χ2n) is 3.67. The molecule has 2 N–H and O–H groups in total. The summed E-state index contributed by atoms with van der Waals surface area (Å²) < 4.78 is 6.22. The van der Waals surface area contributed by atoms with Crippen molar-refractivity contribution in [2.45, 2.75) is 6.04 Å². The van der Waals surface area contributed by atoms with Gasteiger partial charge in [-0.05, 0) is 6.07 Å². The molecular weight excluding hydrogens is 283 g/mol. The van der Waals surface area contributed by atoms with Crippen molar-refractivity contribution < 1.29 is 9.53 Å². The van der Waals surface area contributed by atoms with Crippen LogP contribution in [0.1, 0.15) is 10.4 Å². The van der Waals surface area contributed by atoms with E-state index < -0.39 is 0 Å². The summed E-state index contributed by atoms with van der Waals surface area (Å²) in [5.41, 5.74) is 0.429. The fraction of sp³-hybridized carbons (Fsp3) is 0.500. The first-order valence-corrected chi connectivity index (χ1v) is 6.78. The van der Waals surface area contributed by atoms with Crippen LogP contribution in [0.2, 0.25) is 8.67 Å². The van der Waals surface area contributed by atoms with Crippen LogP contribution >= 0.6 is 34.5 Å². The predicted molar refractivity (Wildman–Crippen MR) is 69.3 cm³/mol. The normalized spacial score (nSPS) is 20.2. The number of halogens is 2. The maximum atomic E-state index is 11.8. The number of rotatable bonds is 3. The summed E-state index contributed by atoms with van der Waals surface area (Å²) in [7, 11) is 0. The number of carbonyl (C=O) groups excluding carboxylic acids is 1. The highest BCUT2D eigenvalue weighted by molar-refractivity contribution is 7.20. The van der Waals surface area contributed by atoms with Crippen molar-refractivity contribution in [1.82, 2.24) is 10.6 Å². The molecule has 2 heterocycles. The van der Waals surface area contributed by atoms with Gasteiger partial charge in [0.1, 0.15) is 4.34 Å². The summed E-state index contributed by atoms with van der Waals surface area (Å²) in [4.78, 5) is 11.8. The van der Waals surface area contributed by atoms with Crippen LogP contribution in [0.3, 0.4) is 0 Å². The number of carbonyl (C=O) groups is 1. The molecule has 1 amide bonds. The summed E-state index contributed by atoms with van der Waals surface area (Å²) in [6, 6.07) is 1.73. The maximum Gasteiger partial charge on any atom is 0.253 e. The zero-order valence-corrected chi connectivity index (χ0v) is 11.3. The molecule has 94 valence electrons. The third kappa shape index (κ3) is 3.56. The number of amides is 1. The second-order valence-corrected chi connectivity index (χ2v) is 5.96. The molecule has 0 spiro atoms. The molecule has 1 aliphatic heterocycles. The highest BCUT2D eigenvalue weighted by atomic mass is 35.5. The molecule has 1 aliphatic rings. The van der Waals surface area contributed by atoms with Gasteiger partial charge in [0.05, 0.1) is 23.1 Å². The molecule has 1 atom stereocenters. The smallest absolute Gasteiger partial charge is 0.253 e. The molecule has 17 heavy (non-hydrogen) atoms. The first kappa shape index (κ1) is 13.1. The molecule has 2 rings (SSSR count). The quantitative estimate of drug-likeness (QED) is 0.893. The Morgan fingerprint density at radius 1 is 1.65 bits per heavy atom. The van der Waals surface area contributed by atoms with E-state index in [2.05, 4.69) is 10.6 Å². The standard InChI is InChI=1S/C10H12Cl2N2O2S/c11-8-3-7(9(12)17-8)10(15)14-4-6-5-16-2-1-13-6/h3,6,13H,1-2,4-5H2,(H,14,15). The lowest BCUT2D eigenvalue weighted by molar-refractivity contribution is 0.0735. The van der Waals surface area contributed by atoms with Crippen LogP contribution in [-0.2, 0) is 4.74 Å². The minimum Gasteiger partial charge on any atom is -0.378 e. The third-order valence-electron chi connectivity index (χ3n) is 2.41. The van der Waals surface area contributed by atoms with Crippen molar-refractivity contribution in [3.63, 3.8) is 0 Å². The van der Waals surface area contributed by atoms with Crippen molar-refractivity contribution in [3.8, 4) is 0 Å². The van der Waals surface area contributed by atoms with Crippen LogP contribution in [-0.4, -0.2) is 38.3 Å². The van der Waals surface area contributed by atoms with Crippen molar-refractivity contribution in [2.75, 3.05) is 26.3 Å². The molecular formula is C10H12Cl2N2O2S. The number of hydrogen-bond donors (Lipinski definition) is 2. The molecule has 1 saturated heterocycles. The van der Waals surface area contributed by atoms with E-state index in [1.54, 1.807) is 6.07 Å². The van der Waals surface area contributed by atoms with Gasteiger partial charge in [0, 0.05) is 19.1 Å². The first-order chi connectivity index (χ1) is 8.16. The van der Waals surface area contributed by atoms with Gasteiger partial charge < -0.3 is 15.4 Å². The van der Waals surface area contributed by atoms with E-state index in [4.69, 9.17) is 27.9 Å². The number of ether oxygens (including phenoxy) is 1. The lowest BCUT2D eigenvalue weighted by Gasteiger charge is -2.23. The minimum atomic E-state index is -0.203. The van der Waals surface area contributed by atoms with Gasteiger partial charge in [0.25, 0.3) is 5.91 Å². The van der Waals surface area contributed by atoms with Gasteiger partial charge in [-0.15, -0.1) is 11.3 Å². The summed E-state index contributed by atoms with van der Waals surface area (Å²) in [6.45, 7) is 2.66. The van der Waals surface area contributed by atoms with Crippen LogP contribution in [0.5, 0.6) is 0 Å². The molecule has 1 aromatic heterocycles. The zero-order valence-electron chi connectivity index (χ0n) is 8.96. The van der Waals surface area contributed by atoms with Crippen LogP contribution in [0.4, 0.5) is 0 Å². The number of nitrogens with one attached hydrogen (secondary N) is 2. The SMILES string of the molecule is O=C(NCC1COCCN1)c1cc(Cl)sc1Cl. The second kappa shape index (κ2) is 6.02. The zero-order chi connectivity index (χ0) is 12.3. The monoisotopic (exact) mass is 294 g/mol. The van der Waals surface area contributed by atoms with Gasteiger partial charge in [0.15, 0.2) is 0 Å². The lowest BCUT2D eigenvalue weighted by Crippen LogP contribution is -2.48. The van der Waals surface area contributed by atoms with Crippen LogP contribution in [0.25, 0.3) is 0 Å². The van der Waals surface area contributed by atoms with Gasteiger partial charge in [-0.2, -0.15) is 0 Å². The van der Waals surface area contributed by atoms with Crippen molar-refractivity contribution in [3.05, 3.63) is 20.3 Å². The molecule has 0 aliphatic carbocycles. The molecule has 1 aromatic rings. The Balaban J connectivity index is 1.86. The molecule has 7 heteroatoms. The average molecular weight is 295 g/mol. The Kier molecular flexibility index (Phi) is 4.64. The summed E-state index contributed by atoms with van der Waals surface area (Å²) in [6.07, 6.45) is 0. The number of thiophene rings is 1. The van der Waals surface area contributed by atoms with E-state index >= 15 is 0 Å². The average Bonchev–Trinajstić information content (AvgIpc) is 2.67. The van der Waals surface area contributed by atoms with Gasteiger partial charge in [-0.25, -0.2) is 0 Å². The van der Waals surface area contributed by atoms with Crippen molar-refractivity contribution in [1.29, 1.82) is 0 Å². The van der Waals surface area contributed by atoms with Crippen molar-refractivity contribution in [2.24, 2.45) is 0 Å². The Morgan fingerprint density at radius 3 is 3.06 bits per heavy atom. The summed E-state index contributed by atoms with van der Waals surface area (Å²) in [5, 5.41) is 6.05. The highest BCUT2D eigenvalue weighted by Crippen LogP contribution is 2.30. The minimum absolute atomic E-state index is 0.153. The summed E-state index contributed by atoms with van der Waals surface area (Å²) in [5.74, 6) is -0.203. The Bertz CT molecular complexity index is 405. The van der Waals surface area contributed by atoms with E-state index in [1.807, 2.05) is 0 Å². The lowest BCUT2D eigenvalue weighted by atomic mass is 10.2. The predicted octanol–water partition coefficient (Wildman–Crippen LogP) is 1.77. The third-order valence-corrected chi connectivity index (χ3v) is 3.90. The van der Waals surface area contributed by atoms with Gasteiger partial charge in [0.2, 0.25) is 0 Å². The van der Waals surface area contributed by atoms with E-state index in [0.29, 0.717) is 27.4 Å². The molecule has 0 radical (unpaired) electrons. The van der Waals surface area contributed by atoms with E-state index in [0.717, 1.165) is 13.2 Å². The van der Waals surface area contributed by atoms with Gasteiger partial charge in [-0.3, -0.25) is 4.79 Å². The topological polar surface area (TPSA) is 50.4 Å². The summed E-state index contributed by atoms with van der Waals surface area (Å²) >= 11 is 12.9.